The van der Waals surface area contributed by atoms with Gasteiger partial charge in [-0.25, -0.2) is 0 Å². The molecule has 4 rings (SSSR count). The van der Waals surface area contributed by atoms with E-state index in [1.165, 1.54) is 5.56 Å². The summed E-state index contributed by atoms with van der Waals surface area (Å²) in [6.45, 7) is 0.758. The zero-order valence-electron chi connectivity index (χ0n) is 16.9. The molecule has 0 unspecified atom stereocenters. The molecule has 3 heterocycles. The molecule has 0 spiro atoms. The number of likely N-dealkylation sites (N-methyl/N-ethyl adjacent to an activating group) is 1. The van der Waals surface area contributed by atoms with E-state index in [0.29, 0.717) is 29.3 Å². The first-order valence-corrected chi connectivity index (χ1v) is 9.25. The highest BCUT2D eigenvalue weighted by Gasteiger charge is 2.18. The molecule has 0 aliphatic rings. The number of furan rings is 1. The van der Waals surface area contributed by atoms with Gasteiger partial charge in [-0.15, -0.1) is 5.10 Å². The second-order valence-electron chi connectivity index (χ2n) is 6.86. The number of aromatic nitrogens is 5. The van der Waals surface area contributed by atoms with Crippen molar-refractivity contribution in [2.75, 3.05) is 44.6 Å². The maximum absolute atomic E-state index is 5.41. The molecular weight excluding hydrogens is 370 g/mol. The highest BCUT2D eigenvalue weighted by Crippen LogP contribution is 2.21. The van der Waals surface area contributed by atoms with Crippen LogP contribution in [0.1, 0.15) is 5.56 Å². The van der Waals surface area contributed by atoms with Gasteiger partial charge in [0, 0.05) is 27.7 Å². The van der Waals surface area contributed by atoms with E-state index in [1.54, 1.807) is 24.0 Å². The monoisotopic (exact) mass is 393 g/mol. The van der Waals surface area contributed by atoms with E-state index in [4.69, 9.17) is 9.15 Å². The van der Waals surface area contributed by atoms with Gasteiger partial charge in [0.05, 0.1) is 13.4 Å². The van der Waals surface area contributed by atoms with Crippen LogP contribution >= 0.6 is 0 Å². The molecule has 0 amide bonds. The molecule has 0 aliphatic heterocycles. The zero-order chi connectivity index (χ0) is 20.4. The molecule has 0 aliphatic carbocycles. The summed E-state index contributed by atoms with van der Waals surface area (Å²) in [6, 6.07) is 11.7. The van der Waals surface area contributed by atoms with E-state index >= 15 is 0 Å². The standard InChI is InChI=1S/C20H23N7O2/c1-25(2)20-23-18(26(3)12-11-14-7-9-15(28-4)10-8-14)22-19-21-17(24-27(19)20)16-6-5-13-29-16/h5-10,13H,11-12H2,1-4H3. The maximum Gasteiger partial charge on any atom is 0.259 e. The summed E-state index contributed by atoms with van der Waals surface area (Å²) in [7, 11) is 7.47. The van der Waals surface area contributed by atoms with E-state index in [9.17, 15) is 0 Å². The summed E-state index contributed by atoms with van der Waals surface area (Å²) < 4.78 is 12.2. The van der Waals surface area contributed by atoms with Crippen LogP contribution in [0.15, 0.2) is 47.1 Å². The van der Waals surface area contributed by atoms with Crippen LogP contribution in [-0.4, -0.2) is 59.4 Å². The predicted octanol–water partition coefficient (Wildman–Crippen LogP) is 2.53. The van der Waals surface area contributed by atoms with Crippen molar-refractivity contribution in [2.24, 2.45) is 0 Å². The van der Waals surface area contributed by atoms with Gasteiger partial charge in [-0.2, -0.15) is 19.5 Å². The summed E-state index contributed by atoms with van der Waals surface area (Å²) in [4.78, 5) is 17.7. The number of rotatable bonds is 7. The highest BCUT2D eigenvalue weighted by molar-refractivity contribution is 5.54. The van der Waals surface area contributed by atoms with Crippen LogP contribution in [0.4, 0.5) is 11.9 Å². The lowest BCUT2D eigenvalue weighted by Gasteiger charge is -2.19. The summed E-state index contributed by atoms with van der Waals surface area (Å²) in [5.41, 5.74) is 1.22. The molecule has 0 bridgehead atoms. The fourth-order valence-electron chi connectivity index (χ4n) is 2.92. The number of methoxy groups -OCH3 is 1. The molecule has 9 heteroatoms. The number of ether oxygens (including phenoxy) is 1. The molecule has 0 N–H and O–H groups in total. The van der Waals surface area contributed by atoms with Gasteiger partial charge in [-0.05, 0) is 36.2 Å². The Hall–Kier alpha value is -3.62. The van der Waals surface area contributed by atoms with Gasteiger partial charge in [0.15, 0.2) is 5.76 Å². The normalized spacial score (nSPS) is 11.0. The summed E-state index contributed by atoms with van der Waals surface area (Å²) in [6.07, 6.45) is 2.45. The number of fused-ring (bicyclic) bond motifs is 1. The van der Waals surface area contributed by atoms with Crippen LogP contribution in [0.25, 0.3) is 17.4 Å². The highest BCUT2D eigenvalue weighted by atomic mass is 16.5. The Bertz CT molecular complexity index is 1090. The molecule has 9 nitrogen and oxygen atoms in total. The molecule has 0 radical (unpaired) electrons. The Morgan fingerprint density at radius 2 is 1.83 bits per heavy atom. The Balaban J connectivity index is 1.60. The van der Waals surface area contributed by atoms with Gasteiger partial charge in [0.25, 0.3) is 5.78 Å². The Kier molecular flexibility index (Phi) is 5.03. The Morgan fingerprint density at radius 3 is 2.48 bits per heavy atom. The number of anilines is 2. The SMILES string of the molecule is COc1ccc(CCN(C)c2nc(N(C)C)n3nc(-c4ccco4)nc3n2)cc1. The van der Waals surface area contributed by atoms with Gasteiger partial charge in [0.1, 0.15) is 5.75 Å². The van der Waals surface area contributed by atoms with Gasteiger partial charge < -0.3 is 19.0 Å². The largest absolute Gasteiger partial charge is 0.497 e. The quantitative estimate of drug-likeness (QED) is 0.474. The number of nitrogens with zero attached hydrogens (tertiary/aromatic N) is 7. The van der Waals surface area contributed by atoms with E-state index in [0.717, 1.165) is 18.7 Å². The fourth-order valence-corrected chi connectivity index (χ4v) is 2.92. The molecule has 29 heavy (non-hydrogen) atoms. The maximum atomic E-state index is 5.41. The number of benzene rings is 1. The lowest BCUT2D eigenvalue weighted by molar-refractivity contribution is 0.414. The van der Waals surface area contributed by atoms with Crippen LogP contribution in [0, 0.1) is 0 Å². The number of hydrogen-bond donors (Lipinski definition) is 0. The number of hydrogen-bond acceptors (Lipinski definition) is 8. The van der Waals surface area contributed by atoms with Gasteiger partial charge in [0.2, 0.25) is 17.7 Å². The molecular formula is C20H23N7O2. The predicted molar refractivity (Wildman–Crippen MR) is 111 cm³/mol. The third-order valence-corrected chi connectivity index (χ3v) is 4.56. The van der Waals surface area contributed by atoms with Crippen molar-refractivity contribution in [1.29, 1.82) is 0 Å². The van der Waals surface area contributed by atoms with Crippen molar-refractivity contribution >= 4 is 17.7 Å². The molecule has 4 aromatic rings. The fraction of sp³-hybridized carbons (Fsp3) is 0.300. The molecule has 0 fully saturated rings. The summed E-state index contributed by atoms with van der Waals surface area (Å²) in [5.74, 6) is 3.63. The minimum Gasteiger partial charge on any atom is -0.497 e. The first kappa shape index (κ1) is 18.7. The van der Waals surface area contributed by atoms with E-state index in [2.05, 4.69) is 32.2 Å². The molecule has 0 atom stereocenters. The van der Waals surface area contributed by atoms with Crippen LogP contribution in [-0.2, 0) is 6.42 Å². The second kappa shape index (κ2) is 7.78. The van der Waals surface area contributed by atoms with Crippen LogP contribution in [0.3, 0.4) is 0 Å². The van der Waals surface area contributed by atoms with Crippen molar-refractivity contribution in [1.82, 2.24) is 24.6 Å². The van der Waals surface area contributed by atoms with Gasteiger partial charge in [-0.1, -0.05) is 12.1 Å². The summed E-state index contributed by atoms with van der Waals surface area (Å²) in [5, 5.41) is 4.50. The average molecular weight is 393 g/mol. The van der Waals surface area contributed by atoms with Crippen LogP contribution in [0.5, 0.6) is 5.75 Å². The first-order valence-electron chi connectivity index (χ1n) is 9.25. The first-order chi connectivity index (χ1) is 14.0. The Labute approximate surface area is 168 Å². The molecule has 3 aromatic heterocycles. The third-order valence-electron chi connectivity index (χ3n) is 4.56. The van der Waals surface area contributed by atoms with E-state index in [-0.39, 0.29) is 0 Å². The van der Waals surface area contributed by atoms with Crippen molar-refractivity contribution in [2.45, 2.75) is 6.42 Å². The summed E-state index contributed by atoms with van der Waals surface area (Å²) >= 11 is 0. The second-order valence-corrected chi connectivity index (χ2v) is 6.86. The van der Waals surface area contributed by atoms with Crippen LogP contribution in [0.2, 0.25) is 0 Å². The van der Waals surface area contributed by atoms with E-state index < -0.39 is 0 Å². The smallest absolute Gasteiger partial charge is 0.259 e. The van der Waals surface area contributed by atoms with Crippen molar-refractivity contribution in [3.8, 4) is 17.3 Å². The Morgan fingerprint density at radius 1 is 1.03 bits per heavy atom. The third kappa shape index (κ3) is 3.84. The van der Waals surface area contributed by atoms with Crippen molar-refractivity contribution in [3.63, 3.8) is 0 Å². The molecule has 0 saturated carbocycles. The topological polar surface area (TPSA) is 84.8 Å². The van der Waals surface area contributed by atoms with Crippen LogP contribution < -0.4 is 14.5 Å². The molecule has 150 valence electrons. The van der Waals surface area contributed by atoms with Gasteiger partial charge in [-0.3, -0.25) is 0 Å². The zero-order valence-corrected chi connectivity index (χ0v) is 16.9. The minimum atomic E-state index is 0.474. The lowest BCUT2D eigenvalue weighted by Crippen LogP contribution is -2.25. The lowest BCUT2D eigenvalue weighted by atomic mass is 10.1. The van der Waals surface area contributed by atoms with Gasteiger partial charge >= 0.3 is 0 Å². The minimum absolute atomic E-state index is 0.474. The van der Waals surface area contributed by atoms with Crippen molar-refractivity contribution < 1.29 is 9.15 Å². The molecule has 0 saturated heterocycles. The van der Waals surface area contributed by atoms with E-state index in [1.807, 2.05) is 49.1 Å². The van der Waals surface area contributed by atoms with Crippen molar-refractivity contribution in [3.05, 3.63) is 48.2 Å². The molecule has 1 aromatic carbocycles. The average Bonchev–Trinajstić information content (AvgIpc) is 3.40.